The molecule has 2 heteroatoms. The first-order chi connectivity index (χ1) is 6.77. The highest BCUT2D eigenvalue weighted by Gasteiger charge is 2.26. The summed E-state index contributed by atoms with van der Waals surface area (Å²) in [4.78, 5) is 0. The Bertz CT molecular complexity index is 160. The van der Waals surface area contributed by atoms with Crippen LogP contribution < -0.4 is 5.32 Å². The quantitative estimate of drug-likeness (QED) is 0.402. The van der Waals surface area contributed by atoms with E-state index in [0.717, 1.165) is 32.4 Å². The van der Waals surface area contributed by atoms with E-state index in [1.54, 1.807) is 0 Å². The van der Waals surface area contributed by atoms with Crippen molar-refractivity contribution < 1.29 is 5.11 Å². The Balaban J connectivity index is 2.20. The van der Waals surface area contributed by atoms with Crippen molar-refractivity contribution >= 4 is 0 Å². The van der Waals surface area contributed by atoms with E-state index in [9.17, 15) is 5.11 Å². The molecular formula is C12H23NO. The normalized spacial score (nSPS) is 21.5. The van der Waals surface area contributed by atoms with Crippen LogP contribution in [0.1, 0.15) is 44.9 Å². The lowest BCUT2D eigenvalue weighted by Gasteiger charge is -2.26. The van der Waals surface area contributed by atoms with E-state index < -0.39 is 5.60 Å². The van der Waals surface area contributed by atoms with Crippen molar-refractivity contribution in [2.75, 3.05) is 13.1 Å². The minimum atomic E-state index is -0.433. The summed E-state index contributed by atoms with van der Waals surface area (Å²) in [6.07, 6.45) is 9.76. The van der Waals surface area contributed by atoms with E-state index in [4.69, 9.17) is 0 Å². The average Bonchev–Trinajstić information content (AvgIpc) is 2.39. The summed E-state index contributed by atoms with van der Waals surface area (Å²) in [7, 11) is 0. The van der Waals surface area contributed by atoms with Crippen LogP contribution in [0, 0.1) is 0 Å². The lowest BCUT2D eigenvalue weighted by Crippen LogP contribution is -2.40. The summed E-state index contributed by atoms with van der Waals surface area (Å²) in [5.41, 5.74) is -0.433. The largest absolute Gasteiger partial charge is 0.389 e. The molecule has 1 fully saturated rings. The zero-order chi connectivity index (χ0) is 10.3. The first kappa shape index (κ1) is 11.7. The van der Waals surface area contributed by atoms with E-state index in [2.05, 4.69) is 11.9 Å². The predicted molar refractivity (Wildman–Crippen MR) is 60.3 cm³/mol. The Morgan fingerprint density at radius 2 is 1.86 bits per heavy atom. The van der Waals surface area contributed by atoms with E-state index in [0.29, 0.717) is 0 Å². The number of hydrogen-bond donors (Lipinski definition) is 2. The van der Waals surface area contributed by atoms with Gasteiger partial charge in [0.2, 0.25) is 0 Å². The molecule has 0 aliphatic heterocycles. The van der Waals surface area contributed by atoms with Gasteiger partial charge in [-0.1, -0.05) is 31.8 Å². The maximum atomic E-state index is 10.3. The maximum Gasteiger partial charge on any atom is 0.0771 e. The summed E-state index contributed by atoms with van der Waals surface area (Å²) in [5.74, 6) is 0. The van der Waals surface area contributed by atoms with Gasteiger partial charge in [0.15, 0.2) is 0 Å². The topological polar surface area (TPSA) is 32.3 Å². The van der Waals surface area contributed by atoms with Crippen molar-refractivity contribution in [2.24, 2.45) is 0 Å². The van der Waals surface area contributed by atoms with Crippen molar-refractivity contribution in [2.45, 2.75) is 50.5 Å². The molecule has 0 atom stereocenters. The highest BCUT2D eigenvalue weighted by atomic mass is 16.3. The third-order valence-corrected chi connectivity index (χ3v) is 3.01. The fourth-order valence-corrected chi connectivity index (χ4v) is 2.09. The Morgan fingerprint density at radius 1 is 1.21 bits per heavy atom. The summed E-state index contributed by atoms with van der Waals surface area (Å²) < 4.78 is 0. The molecule has 0 unspecified atom stereocenters. The van der Waals surface area contributed by atoms with E-state index in [1.807, 2.05) is 6.08 Å². The summed E-state index contributed by atoms with van der Waals surface area (Å²) in [6, 6.07) is 0. The predicted octanol–water partition coefficient (Wildman–Crippen LogP) is 2.24. The van der Waals surface area contributed by atoms with Crippen LogP contribution in [0.2, 0.25) is 0 Å². The van der Waals surface area contributed by atoms with Crippen LogP contribution in [0.3, 0.4) is 0 Å². The van der Waals surface area contributed by atoms with Gasteiger partial charge in [0.05, 0.1) is 5.60 Å². The SMILES string of the molecule is C=CCCNCC1(O)CCCCCC1. The number of rotatable bonds is 5. The molecule has 0 aromatic heterocycles. The lowest BCUT2D eigenvalue weighted by atomic mass is 9.94. The molecule has 0 radical (unpaired) electrons. The monoisotopic (exact) mass is 197 g/mol. The van der Waals surface area contributed by atoms with Crippen molar-refractivity contribution in [3.63, 3.8) is 0 Å². The minimum absolute atomic E-state index is 0.433. The van der Waals surface area contributed by atoms with Gasteiger partial charge in [0.25, 0.3) is 0 Å². The average molecular weight is 197 g/mol. The second kappa shape index (κ2) is 6.20. The number of nitrogens with one attached hydrogen (secondary N) is 1. The highest BCUT2D eigenvalue weighted by Crippen LogP contribution is 2.26. The van der Waals surface area contributed by atoms with Crippen LogP contribution in [0.15, 0.2) is 12.7 Å². The van der Waals surface area contributed by atoms with Crippen molar-refractivity contribution in [1.82, 2.24) is 5.32 Å². The van der Waals surface area contributed by atoms with Crippen LogP contribution in [0.5, 0.6) is 0 Å². The third kappa shape index (κ3) is 4.25. The first-order valence-electron chi connectivity index (χ1n) is 5.81. The smallest absolute Gasteiger partial charge is 0.0771 e. The molecule has 82 valence electrons. The molecule has 0 bridgehead atoms. The lowest BCUT2D eigenvalue weighted by molar-refractivity contribution is 0.0256. The minimum Gasteiger partial charge on any atom is -0.389 e. The standard InChI is InChI=1S/C12H23NO/c1-2-3-10-13-11-12(14)8-6-4-5-7-9-12/h2,13-14H,1,3-11H2. The molecule has 2 nitrogen and oxygen atoms in total. The van der Waals surface area contributed by atoms with Gasteiger partial charge in [-0.3, -0.25) is 0 Å². The van der Waals surface area contributed by atoms with Crippen LogP contribution >= 0.6 is 0 Å². The fourth-order valence-electron chi connectivity index (χ4n) is 2.09. The van der Waals surface area contributed by atoms with Gasteiger partial charge >= 0.3 is 0 Å². The fraction of sp³-hybridized carbons (Fsp3) is 0.833. The van der Waals surface area contributed by atoms with Crippen molar-refractivity contribution in [3.05, 3.63) is 12.7 Å². The van der Waals surface area contributed by atoms with Gasteiger partial charge in [0, 0.05) is 6.54 Å². The zero-order valence-electron chi connectivity index (χ0n) is 9.10. The molecule has 0 amide bonds. The first-order valence-corrected chi connectivity index (χ1v) is 5.81. The van der Waals surface area contributed by atoms with Crippen molar-refractivity contribution in [1.29, 1.82) is 0 Å². The van der Waals surface area contributed by atoms with Gasteiger partial charge in [0.1, 0.15) is 0 Å². The van der Waals surface area contributed by atoms with Gasteiger partial charge in [-0.25, -0.2) is 0 Å². The van der Waals surface area contributed by atoms with E-state index >= 15 is 0 Å². The molecule has 1 aliphatic carbocycles. The molecule has 0 aromatic rings. The second-order valence-electron chi connectivity index (χ2n) is 4.39. The van der Waals surface area contributed by atoms with Gasteiger partial charge in [-0.2, -0.15) is 0 Å². The molecule has 0 spiro atoms. The molecule has 1 aliphatic rings. The number of aliphatic hydroxyl groups is 1. The molecule has 1 rings (SSSR count). The van der Waals surface area contributed by atoms with Crippen molar-refractivity contribution in [3.8, 4) is 0 Å². The molecule has 2 N–H and O–H groups in total. The molecule has 0 heterocycles. The van der Waals surface area contributed by atoms with Gasteiger partial charge in [-0.05, 0) is 25.8 Å². The summed E-state index contributed by atoms with van der Waals surface area (Å²) in [5, 5.41) is 13.6. The third-order valence-electron chi connectivity index (χ3n) is 3.01. The van der Waals surface area contributed by atoms with Crippen LogP contribution in [0.25, 0.3) is 0 Å². The molecule has 0 saturated heterocycles. The Kier molecular flexibility index (Phi) is 5.20. The van der Waals surface area contributed by atoms with E-state index in [1.165, 1.54) is 25.7 Å². The molecule has 0 aromatic carbocycles. The zero-order valence-corrected chi connectivity index (χ0v) is 9.10. The van der Waals surface area contributed by atoms with Crippen LogP contribution in [-0.4, -0.2) is 23.8 Å². The van der Waals surface area contributed by atoms with Gasteiger partial charge in [-0.15, -0.1) is 6.58 Å². The summed E-state index contributed by atoms with van der Waals surface area (Å²) >= 11 is 0. The summed E-state index contributed by atoms with van der Waals surface area (Å²) in [6.45, 7) is 5.36. The van der Waals surface area contributed by atoms with Gasteiger partial charge < -0.3 is 10.4 Å². The number of hydrogen-bond acceptors (Lipinski definition) is 2. The molecule has 1 saturated carbocycles. The Labute approximate surface area is 87.4 Å². The van der Waals surface area contributed by atoms with E-state index in [-0.39, 0.29) is 0 Å². The maximum absolute atomic E-state index is 10.3. The van der Waals surface area contributed by atoms with Crippen LogP contribution in [0.4, 0.5) is 0 Å². The Hall–Kier alpha value is -0.340. The van der Waals surface area contributed by atoms with Crippen LogP contribution in [-0.2, 0) is 0 Å². The molecule has 14 heavy (non-hydrogen) atoms. The molecular weight excluding hydrogens is 174 g/mol. The Morgan fingerprint density at radius 3 is 2.43 bits per heavy atom. The second-order valence-corrected chi connectivity index (χ2v) is 4.39. The highest BCUT2D eigenvalue weighted by molar-refractivity contribution is 4.83.